The van der Waals surface area contributed by atoms with Crippen LogP contribution in [-0.4, -0.2) is 47.0 Å². The molecule has 0 atom stereocenters. The lowest BCUT2D eigenvalue weighted by atomic mass is 10.1. The fourth-order valence-corrected chi connectivity index (χ4v) is 2.06. The summed E-state index contributed by atoms with van der Waals surface area (Å²) in [7, 11) is -3.05. The van der Waals surface area contributed by atoms with E-state index in [1.54, 1.807) is 0 Å². The zero-order valence-electron chi connectivity index (χ0n) is 9.16. The van der Waals surface area contributed by atoms with Crippen molar-refractivity contribution in [3.05, 3.63) is 0 Å². The molecule has 1 aliphatic heterocycles. The molecule has 0 bridgehead atoms. The van der Waals surface area contributed by atoms with E-state index in [0.717, 1.165) is 32.4 Å². The SMILES string of the molecule is CS(=O)(=O)NCCCOC1CCNCC1. The number of piperidine rings is 1. The summed E-state index contributed by atoms with van der Waals surface area (Å²) in [5, 5.41) is 3.26. The highest BCUT2D eigenvalue weighted by atomic mass is 32.2. The zero-order chi connectivity index (χ0) is 11.1. The van der Waals surface area contributed by atoms with Crippen molar-refractivity contribution in [2.45, 2.75) is 25.4 Å². The number of ether oxygens (including phenoxy) is 1. The van der Waals surface area contributed by atoms with Gasteiger partial charge in [0, 0.05) is 13.2 Å². The highest BCUT2D eigenvalue weighted by Crippen LogP contribution is 2.06. The molecule has 1 aliphatic rings. The predicted molar refractivity (Wildman–Crippen MR) is 59.3 cm³/mol. The Balaban J connectivity index is 1.96. The van der Waals surface area contributed by atoms with E-state index in [1.165, 1.54) is 6.26 Å². The van der Waals surface area contributed by atoms with E-state index in [-0.39, 0.29) is 0 Å². The van der Waals surface area contributed by atoms with Gasteiger partial charge in [0.25, 0.3) is 0 Å². The van der Waals surface area contributed by atoms with Crippen LogP contribution in [-0.2, 0) is 14.8 Å². The third kappa shape index (κ3) is 6.83. The highest BCUT2D eigenvalue weighted by Gasteiger charge is 2.12. The van der Waals surface area contributed by atoms with Crippen LogP contribution in [0.3, 0.4) is 0 Å². The quantitative estimate of drug-likeness (QED) is 0.621. The van der Waals surface area contributed by atoms with Crippen LogP contribution in [0.5, 0.6) is 0 Å². The molecular formula is C9H20N2O3S. The first-order chi connectivity index (χ1) is 7.08. The molecule has 0 unspecified atom stereocenters. The van der Waals surface area contributed by atoms with Crippen molar-refractivity contribution >= 4 is 10.0 Å². The van der Waals surface area contributed by atoms with Gasteiger partial charge in [0.15, 0.2) is 0 Å². The Morgan fingerprint density at radius 2 is 2.07 bits per heavy atom. The van der Waals surface area contributed by atoms with Gasteiger partial charge in [0.2, 0.25) is 10.0 Å². The molecule has 90 valence electrons. The highest BCUT2D eigenvalue weighted by molar-refractivity contribution is 7.88. The third-order valence-electron chi connectivity index (χ3n) is 2.33. The van der Waals surface area contributed by atoms with E-state index in [9.17, 15) is 8.42 Å². The maximum absolute atomic E-state index is 10.7. The van der Waals surface area contributed by atoms with Crippen LogP contribution in [0.25, 0.3) is 0 Å². The fraction of sp³-hybridized carbons (Fsp3) is 1.00. The monoisotopic (exact) mass is 236 g/mol. The molecule has 0 aliphatic carbocycles. The van der Waals surface area contributed by atoms with Gasteiger partial charge in [0.05, 0.1) is 12.4 Å². The van der Waals surface area contributed by atoms with Gasteiger partial charge in [0.1, 0.15) is 0 Å². The van der Waals surface area contributed by atoms with E-state index >= 15 is 0 Å². The first-order valence-corrected chi connectivity index (χ1v) is 7.24. The molecule has 0 radical (unpaired) electrons. The molecule has 15 heavy (non-hydrogen) atoms. The first-order valence-electron chi connectivity index (χ1n) is 5.35. The number of hydrogen-bond acceptors (Lipinski definition) is 4. The van der Waals surface area contributed by atoms with Crippen molar-refractivity contribution in [3.63, 3.8) is 0 Å². The number of sulfonamides is 1. The summed E-state index contributed by atoms with van der Waals surface area (Å²) in [6, 6.07) is 0. The molecule has 0 aromatic heterocycles. The Bertz CT molecular complexity index is 261. The van der Waals surface area contributed by atoms with Gasteiger partial charge < -0.3 is 10.1 Å². The largest absolute Gasteiger partial charge is 0.378 e. The molecule has 5 nitrogen and oxygen atoms in total. The Morgan fingerprint density at radius 3 is 2.67 bits per heavy atom. The minimum atomic E-state index is -3.05. The fourth-order valence-electron chi connectivity index (χ4n) is 1.54. The van der Waals surface area contributed by atoms with E-state index in [1.807, 2.05) is 0 Å². The summed E-state index contributed by atoms with van der Waals surface area (Å²) >= 11 is 0. The van der Waals surface area contributed by atoms with Crippen LogP contribution in [0.4, 0.5) is 0 Å². The van der Waals surface area contributed by atoms with Crippen molar-refractivity contribution in [1.29, 1.82) is 0 Å². The van der Waals surface area contributed by atoms with E-state index in [2.05, 4.69) is 10.0 Å². The molecule has 0 amide bonds. The van der Waals surface area contributed by atoms with Gasteiger partial charge in [-0.05, 0) is 32.4 Å². The summed E-state index contributed by atoms with van der Waals surface area (Å²) in [5.41, 5.74) is 0. The van der Waals surface area contributed by atoms with Gasteiger partial charge in [-0.3, -0.25) is 0 Å². The van der Waals surface area contributed by atoms with Crippen LogP contribution in [0, 0.1) is 0 Å². The van der Waals surface area contributed by atoms with Crippen LogP contribution >= 0.6 is 0 Å². The summed E-state index contributed by atoms with van der Waals surface area (Å²) in [6.45, 7) is 3.13. The van der Waals surface area contributed by atoms with Gasteiger partial charge in [-0.2, -0.15) is 0 Å². The molecule has 1 rings (SSSR count). The standard InChI is InChI=1S/C9H20N2O3S/c1-15(12,13)11-5-2-8-14-9-3-6-10-7-4-9/h9-11H,2-8H2,1H3. The second-order valence-electron chi connectivity index (χ2n) is 3.84. The van der Waals surface area contributed by atoms with Gasteiger partial charge >= 0.3 is 0 Å². The van der Waals surface area contributed by atoms with Crippen LogP contribution in [0.2, 0.25) is 0 Å². The van der Waals surface area contributed by atoms with Crippen molar-refractivity contribution in [1.82, 2.24) is 10.0 Å². The molecule has 6 heteroatoms. The van der Waals surface area contributed by atoms with E-state index < -0.39 is 10.0 Å². The van der Waals surface area contributed by atoms with Gasteiger partial charge in [-0.15, -0.1) is 0 Å². The first kappa shape index (κ1) is 12.9. The maximum atomic E-state index is 10.7. The lowest BCUT2D eigenvalue weighted by Crippen LogP contribution is -2.33. The second kappa shape index (κ2) is 6.42. The number of hydrogen-bond donors (Lipinski definition) is 2. The predicted octanol–water partition coefficient (Wildman–Crippen LogP) is -0.306. The summed E-state index contributed by atoms with van der Waals surface area (Å²) in [5.74, 6) is 0. The van der Waals surface area contributed by atoms with Crippen molar-refractivity contribution < 1.29 is 13.2 Å². The molecule has 0 aromatic rings. The summed E-state index contributed by atoms with van der Waals surface area (Å²) in [6.07, 6.45) is 4.36. The Labute approximate surface area is 91.6 Å². The molecule has 0 spiro atoms. The molecular weight excluding hydrogens is 216 g/mol. The average molecular weight is 236 g/mol. The molecule has 1 fully saturated rings. The molecule has 0 saturated carbocycles. The Kier molecular flexibility index (Phi) is 5.52. The smallest absolute Gasteiger partial charge is 0.208 e. The molecule has 0 aromatic carbocycles. The van der Waals surface area contributed by atoms with Crippen molar-refractivity contribution in [2.75, 3.05) is 32.5 Å². The molecule has 1 saturated heterocycles. The lowest BCUT2D eigenvalue weighted by Gasteiger charge is -2.22. The second-order valence-corrected chi connectivity index (χ2v) is 5.67. The van der Waals surface area contributed by atoms with Crippen LogP contribution < -0.4 is 10.0 Å². The zero-order valence-corrected chi connectivity index (χ0v) is 9.98. The average Bonchev–Trinajstić information content (AvgIpc) is 2.17. The van der Waals surface area contributed by atoms with E-state index in [4.69, 9.17) is 4.74 Å². The summed E-state index contributed by atoms with van der Waals surface area (Å²) < 4.78 is 29.5. The lowest BCUT2D eigenvalue weighted by molar-refractivity contribution is 0.0322. The molecule has 2 N–H and O–H groups in total. The maximum Gasteiger partial charge on any atom is 0.208 e. The van der Waals surface area contributed by atoms with Crippen molar-refractivity contribution in [2.24, 2.45) is 0 Å². The minimum Gasteiger partial charge on any atom is -0.378 e. The number of nitrogens with one attached hydrogen (secondary N) is 2. The van der Waals surface area contributed by atoms with Crippen LogP contribution in [0.15, 0.2) is 0 Å². The topological polar surface area (TPSA) is 67.4 Å². The molecule has 1 heterocycles. The third-order valence-corrected chi connectivity index (χ3v) is 3.05. The number of rotatable bonds is 6. The van der Waals surface area contributed by atoms with E-state index in [0.29, 0.717) is 19.3 Å². The Hall–Kier alpha value is -0.170. The van der Waals surface area contributed by atoms with Crippen LogP contribution in [0.1, 0.15) is 19.3 Å². The van der Waals surface area contributed by atoms with Crippen molar-refractivity contribution in [3.8, 4) is 0 Å². The van der Waals surface area contributed by atoms with Gasteiger partial charge in [-0.1, -0.05) is 0 Å². The summed E-state index contributed by atoms with van der Waals surface area (Å²) in [4.78, 5) is 0. The van der Waals surface area contributed by atoms with Gasteiger partial charge in [-0.25, -0.2) is 13.1 Å². The Morgan fingerprint density at radius 1 is 1.40 bits per heavy atom. The normalized spacial score (nSPS) is 19.3. The minimum absolute atomic E-state index is 0.351.